The largest absolute Gasteiger partial charge is 0.398 e. The third-order valence-corrected chi connectivity index (χ3v) is 3.31. The minimum absolute atomic E-state index is 0.295. The number of rotatable bonds is 2. The maximum Gasteiger partial charge on any atom is 0.0678 e. The number of nitrogens with two attached hydrogens (primary N) is 1. The van der Waals surface area contributed by atoms with Crippen LogP contribution in [0.3, 0.4) is 0 Å². The molecule has 0 aliphatic carbocycles. The van der Waals surface area contributed by atoms with Crippen LogP contribution in [0.2, 0.25) is 5.02 Å². The molecule has 2 atom stereocenters. The highest BCUT2D eigenvalue weighted by molar-refractivity contribution is 6.33. The van der Waals surface area contributed by atoms with Crippen LogP contribution < -0.4 is 5.73 Å². The predicted molar refractivity (Wildman–Crippen MR) is 71.2 cm³/mol. The Hall–Kier alpha value is -0.770. The van der Waals surface area contributed by atoms with E-state index in [4.69, 9.17) is 22.1 Å². The van der Waals surface area contributed by atoms with Gasteiger partial charge >= 0.3 is 0 Å². The lowest BCUT2D eigenvalue weighted by Crippen LogP contribution is -2.44. The third kappa shape index (κ3) is 3.35. The quantitative estimate of drug-likeness (QED) is 0.825. The van der Waals surface area contributed by atoms with E-state index in [1.54, 1.807) is 0 Å². The van der Waals surface area contributed by atoms with Crippen molar-refractivity contribution in [3.63, 3.8) is 0 Å². The highest BCUT2D eigenvalue weighted by atomic mass is 35.5. The second-order valence-corrected chi connectivity index (χ2v) is 5.21. The Morgan fingerprint density at radius 3 is 2.59 bits per heavy atom. The van der Waals surface area contributed by atoms with Crippen molar-refractivity contribution in [1.29, 1.82) is 0 Å². The molecule has 1 aliphatic rings. The molecule has 1 heterocycles. The molecule has 2 N–H and O–H groups in total. The summed E-state index contributed by atoms with van der Waals surface area (Å²) in [5.74, 6) is 0. The van der Waals surface area contributed by atoms with Gasteiger partial charge in [0.05, 0.1) is 22.9 Å². The molecule has 1 aromatic rings. The molecule has 1 fully saturated rings. The van der Waals surface area contributed by atoms with Gasteiger partial charge in [0, 0.05) is 19.6 Å². The van der Waals surface area contributed by atoms with Crippen LogP contribution in [-0.4, -0.2) is 30.2 Å². The lowest BCUT2D eigenvalue weighted by molar-refractivity contribution is -0.0704. The first-order chi connectivity index (χ1) is 8.04. The number of nitrogen functional groups attached to an aromatic ring is 1. The summed E-state index contributed by atoms with van der Waals surface area (Å²) in [5.41, 5.74) is 7.66. The Kier molecular flexibility index (Phi) is 3.92. The minimum Gasteiger partial charge on any atom is -0.398 e. The van der Waals surface area contributed by atoms with E-state index in [2.05, 4.69) is 18.7 Å². The van der Waals surface area contributed by atoms with Crippen LogP contribution >= 0.6 is 11.6 Å². The fourth-order valence-corrected chi connectivity index (χ4v) is 2.48. The van der Waals surface area contributed by atoms with Crippen LogP contribution in [0.25, 0.3) is 0 Å². The Balaban J connectivity index is 2.02. The van der Waals surface area contributed by atoms with Gasteiger partial charge in [-0.15, -0.1) is 0 Å². The molecule has 3 nitrogen and oxygen atoms in total. The van der Waals surface area contributed by atoms with Gasteiger partial charge in [0.2, 0.25) is 0 Å². The molecule has 1 aromatic carbocycles. The van der Waals surface area contributed by atoms with E-state index < -0.39 is 0 Å². The highest BCUT2D eigenvalue weighted by Crippen LogP contribution is 2.21. The average molecular weight is 255 g/mol. The fraction of sp³-hybridized carbons (Fsp3) is 0.538. The summed E-state index contributed by atoms with van der Waals surface area (Å²) in [6.45, 7) is 7.05. The molecule has 0 aromatic heterocycles. The van der Waals surface area contributed by atoms with Gasteiger partial charge < -0.3 is 10.5 Å². The average Bonchev–Trinajstić information content (AvgIpc) is 2.22. The van der Waals surface area contributed by atoms with E-state index in [-0.39, 0.29) is 0 Å². The topological polar surface area (TPSA) is 38.5 Å². The van der Waals surface area contributed by atoms with Gasteiger partial charge in [-0.05, 0) is 31.5 Å². The van der Waals surface area contributed by atoms with Gasteiger partial charge in [0.25, 0.3) is 0 Å². The normalized spacial score (nSPS) is 26.1. The zero-order chi connectivity index (χ0) is 12.4. The fourth-order valence-electron chi connectivity index (χ4n) is 2.36. The Bertz CT molecular complexity index is 387. The molecule has 2 rings (SSSR count). The summed E-state index contributed by atoms with van der Waals surface area (Å²) in [5, 5.41) is 0.623. The number of ether oxygens (including phenoxy) is 1. The molecule has 0 radical (unpaired) electrons. The SMILES string of the molecule is CC1CN(Cc2ccc(Cl)c(N)c2)CC(C)O1. The van der Waals surface area contributed by atoms with Gasteiger partial charge in [-0.3, -0.25) is 4.90 Å². The van der Waals surface area contributed by atoms with E-state index in [1.807, 2.05) is 18.2 Å². The molecule has 2 unspecified atom stereocenters. The van der Waals surface area contributed by atoms with Crippen molar-refractivity contribution in [3.05, 3.63) is 28.8 Å². The standard InChI is InChI=1S/C13H19ClN2O/c1-9-6-16(7-10(2)17-9)8-11-3-4-12(14)13(15)5-11/h3-5,9-10H,6-8,15H2,1-2H3. The number of morpholine rings is 1. The van der Waals surface area contributed by atoms with Crippen molar-refractivity contribution in [1.82, 2.24) is 4.90 Å². The van der Waals surface area contributed by atoms with E-state index >= 15 is 0 Å². The molecule has 94 valence electrons. The monoisotopic (exact) mass is 254 g/mol. The van der Waals surface area contributed by atoms with Gasteiger partial charge in [-0.25, -0.2) is 0 Å². The zero-order valence-electron chi connectivity index (χ0n) is 10.3. The molecule has 0 bridgehead atoms. The van der Waals surface area contributed by atoms with Gasteiger partial charge in [-0.1, -0.05) is 17.7 Å². The lowest BCUT2D eigenvalue weighted by atomic mass is 10.1. The van der Waals surface area contributed by atoms with Gasteiger partial charge in [-0.2, -0.15) is 0 Å². The minimum atomic E-state index is 0.295. The predicted octanol–water partition coefficient (Wildman–Crippen LogP) is 2.53. The molecule has 1 aliphatic heterocycles. The number of hydrogen-bond acceptors (Lipinski definition) is 3. The number of hydrogen-bond donors (Lipinski definition) is 1. The van der Waals surface area contributed by atoms with Crippen LogP contribution in [0.4, 0.5) is 5.69 Å². The first-order valence-corrected chi connectivity index (χ1v) is 6.34. The Morgan fingerprint density at radius 1 is 1.35 bits per heavy atom. The molecule has 0 amide bonds. The molecule has 17 heavy (non-hydrogen) atoms. The van der Waals surface area contributed by atoms with E-state index in [9.17, 15) is 0 Å². The van der Waals surface area contributed by atoms with Crippen LogP contribution in [0.1, 0.15) is 19.4 Å². The van der Waals surface area contributed by atoms with E-state index in [1.165, 1.54) is 5.56 Å². The maximum atomic E-state index is 5.91. The van der Waals surface area contributed by atoms with E-state index in [0.29, 0.717) is 22.9 Å². The number of halogens is 1. The Labute approximate surface area is 107 Å². The first kappa shape index (κ1) is 12.7. The lowest BCUT2D eigenvalue weighted by Gasteiger charge is -2.35. The summed E-state index contributed by atoms with van der Waals surface area (Å²) >= 11 is 5.91. The number of nitrogens with zero attached hydrogens (tertiary/aromatic N) is 1. The summed E-state index contributed by atoms with van der Waals surface area (Å²) in [6.07, 6.45) is 0.590. The Morgan fingerprint density at radius 2 is 2.00 bits per heavy atom. The van der Waals surface area contributed by atoms with Crippen molar-refractivity contribution in [2.75, 3.05) is 18.8 Å². The molecular formula is C13H19ClN2O. The third-order valence-electron chi connectivity index (χ3n) is 2.96. The zero-order valence-corrected chi connectivity index (χ0v) is 11.1. The van der Waals surface area contributed by atoms with Gasteiger partial charge in [0.1, 0.15) is 0 Å². The number of benzene rings is 1. The first-order valence-electron chi connectivity index (χ1n) is 5.96. The molecular weight excluding hydrogens is 236 g/mol. The van der Waals surface area contributed by atoms with Crippen LogP contribution in [0, 0.1) is 0 Å². The summed E-state index contributed by atoms with van der Waals surface area (Å²) in [4.78, 5) is 2.39. The van der Waals surface area contributed by atoms with Crippen molar-refractivity contribution in [2.24, 2.45) is 0 Å². The van der Waals surface area contributed by atoms with Crippen LogP contribution in [0.15, 0.2) is 18.2 Å². The maximum absolute atomic E-state index is 5.91. The van der Waals surface area contributed by atoms with Crippen molar-refractivity contribution < 1.29 is 4.74 Å². The summed E-state index contributed by atoms with van der Waals surface area (Å²) in [6, 6.07) is 5.84. The molecule has 0 saturated carbocycles. The van der Waals surface area contributed by atoms with Crippen LogP contribution in [-0.2, 0) is 11.3 Å². The van der Waals surface area contributed by atoms with Crippen molar-refractivity contribution >= 4 is 17.3 Å². The smallest absolute Gasteiger partial charge is 0.0678 e. The second-order valence-electron chi connectivity index (χ2n) is 4.81. The highest BCUT2D eigenvalue weighted by Gasteiger charge is 2.21. The van der Waals surface area contributed by atoms with Gasteiger partial charge in [0.15, 0.2) is 0 Å². The van der Waals surface area contributed by atoms with E-state index in [0.717, 1.165) is 19.6 Å². The second kappa shape index (κ2) is 5.25. The molecule has 4 heteroatoms. The summed E-state index contributed by atoms with van der Waals surface area (Å²) in [7, 11) is 0. The molecule has 1 saturated heterocycles. The van der Waals surface area contributed by atoms with Crippen molar-refractivity contribution in [2.45, 2.75) is 32.6 Å². The van der Waals surface area contributed by atoms with Crippen LogP contribution in [0.5, 0.6) is 0 Å². The van der Waals surface area contributed by atoms with Crippen molar-refractivity contribution in [3.8, 4) is 0 Å². The number of anilines is 1. The summed E-state index contributed by atoms with van der Waals surface area (Å²) < 4.78 is 5.71. The molecule has 0 spiro atoms.